The minimum atomic E-state index is -0.549. The maximum absolute atomic E-state index is 12.3. The first kappa shape index (κ1) is 13.4. The molecule has 6 heteroatoms. The van der Waals surface area contributed by atoms with Gasteiger partial charge in [0.15, 0.2) is 5.84 Å². The number of amides is 1. The zero-order chi connectivity index (χ0) is 13.8. The molecule has 0 aromatic heterocycles. The Morgan fingerprint density at radius 1 is 1.58 bits per heavy atom. The van der Waals surface area contributed by atoms with Crippen molar-refractivity contribution in [3.63, 3.8) is 0 Å². The zero-order valence-corrected chi connectivity index (χ0v) is 10.7. The molecule has 0 bridgehead atoms. The van der Waals surface area contributed by atoms with Gasteiger partial charge in [-0.2, -0.15) is 0 Å². The van der Waals surface area contributed by atoms with Gasteiger partial charge in [0.05, 0.1) is 13.2 Å². The van der Waals surface area contributed by atoms with Gasteiger partial charge in [-0.1, -0.05) is 22.9 Å². The first-order valence-corrected chi connectivity index (χ1v) is 6.07. The SMILES string of the molecule is Cc1cccc(C(=O)N2CCOC(C(N)=NO)C2)c1. The second-order valence-electron chi connectivity index (χ2n) is 4.50. The molecule has 6 nitrogen and oxygen atoms in total. The van der Waals surface area contributed by atoms with Gasteiger partial charge in [0.1, 0.15) is 6.10 Å². The Balaban J connectivity index is 2.11. The molecule has 1 aliphatic rings. The van der Waals surface area contributed by atoms with Crippen molar-refractivity contribution in [3.05, 3.63) is 35.4 Å². The molecule has 1 aromatic rings. The summed E-state index contributed by atoms with van der Waals surface area (Å²) in [5.41, 5.74) is 7.18. The van der Waals surface area contributed by atoms with Crippen LogP contribution in [0.15, 0.2) is 29.4 Å². The van der Waals surface area contributed by atoms with E-state index in [-0.39, 0.29) is 11.7 Å². The summed E-state index contributed by atoms with van der Waals surface area (Å²) in [6.45, 7) is 3.11. The Kier molecular flexibility index (Phi) is 4.01. The van der Waals surface area contributed by atoms with Crippen LogP contribution in [0.4, 0.5) is 0 Å². The van der Waals surface area contributed by atoms with E-state index < -0.39 is 6.10 Å². The lowest BCUT2D eigenvalue weighted by molar-refractivity contribution is 0.00675. The molecule has 0 radical (unpaired) electrons. The predicted octanol–water partition coefficient (Wildman–Crippen LogP) is 0.582. The minimum Gasteiger partial charge on any atom is -0.409 e. The van der Waals surface area contributed by atoms with E-state index in [4.69, 9.17) is 15.7 Å². The number of amidine groups is 1. The number of benzene rings is 1. The number of ether oxygens (including phenoxy) is 1. The van der Waals surface area contributed by atoms with Crippen LogP contribution < -0.4 is 5.73 Å². The number of nitrogens with two attached hydrogens (primary N) is 1. The summed E-state index contributed by atoms with van der Waals surface area (Å²) in [5.74, 6) is -0.0792. The van der Waals surface area contributed by atoms with Crippen LogP contribution in [0.1, 0.15) is 15.9 Å². The largest absolute Gasteiger partial charge is 0.409 e. The molecule has 1 amide bonds. The second-order valence-corrected chi connectivity index (χ2v) is 4.50. The molecule has 19 heavy (non-hydrogen) atoms. The highest BCUT2D eigenvalue weighted by Crippen LogP contribution is 2.12. The third kappa shape index (κ3) is 3.03. The number of carbonyl (C=O) groups excluding carboxylic acids is 1. The molecular weight excluding hydrogens is 246 g/mol. The maximum atomic E-state index is 12.3. The van der Waals surface area contributed by atoms with Crippen molar-refractivity contribution in [1.82, 2.24) is 4.90 Å². The number of nitrogens with zero attached hydrogens (tertiary/aromatic N) is 2. The summed E-state index contributed by atoms with van der Waals surface area (Å²) >= 11 is 0. The molecule has 1 fully saturated rings. The fourth-order valence-corrected chi connectivity index (χ4v) is 2.04. The molecule has 1 heterocycles. The van der Waals surface area contributed by atoms with Crippen LogP contribution in [0, 0.1) is 6.92 Å². The van der Waals surface area contributed by atoms with Gasteiger partial charge < -0.3 is 20.6 Å². The Labute approximate surface area is 111 Å². The van der Waals surface area contributed by atoms with Crippen molar-refractivity contribution in [2.45, 2.75) is 13.0 Å². The number of oxime groups is 1. The van der Waals surface area contributed by atoms with Crippen molar-refractivity contribution in [3.8, 4) is 0 Å². The van der Waals surface area contributed by atoms with Gasteiger partial charge in [0.25, 0.3) is 5.91 Å². The first-order chi connectivity index (χ1) is 9.11. The topological polar surface area (TPSA) is 88.2 Å². The highest BCUT2D eigenvalue weighted by molar-refractivity contribution is 5.95. The van der Waals surface area contributed by atoms with Crippen LogP contribution in [0.5, 0.6) is 0 Å². The normalized spacial score (nSPS) is 20.4. The molecule has 1 aliphatic heterocycles. The number of hydrogen-bond acceptors (Lipinski definition) is 4. The van der Waals surface area contributed by atoms with Crippen LogP contribution in [0.25, 0.3) is 0 Å². The molecule has 102 valence electrons. The molecule has 3 N–H and O–H groups in total. The van der Waals surface area contributed by atoms with E-state index in [1.165, 1.54) is 0 Å². The van der Waals surface area contributed by atoms with E-state index >= 15 is 0 Å². The summed E-state index contributed by atoms with van der Waals surface area (Å²) in [7, 11) is 0. The monoisotopic (exact) mass is 263 g/mol. The average molecular weight is 263 g/mol. The van der Waals surface area contributed by atoms with Gasteiger partial charge in [-0.25, -0.2) is 0 Å². The summed E-state index contributed by atoms with van der Waals surface area (Å²) < 4.78 is 5.36. The molecular formula is C13H17N3O3. The Morgan fingerprint density at radius 3 is 3.05 bits per heavy atom. The van der Waals surface area contributed by atoms with Crippen LogP contribution >= 0.6 is 0 Å². The smallest absolute Gasteiger partial charge is 0.254 e. The van der Waals surface area contributed by atoms with Gasteiger partial charge in [0.2, 0.25) is 0 Å². The van der Waals surface area contributed by atoms with Crippen LogP contribution in [-0.2, 0) is 4.74 Å². The lowest BCUT2D eigenvalue weighted by atomic mass is 10.1. The molecule has 1 atom stereocenters. The standard InChI is InChI=1S/C13H17N3O3/c1-9-3-2-4-10(7-9)13(17)16-5-6-19-11(8-16)12(14)15-18/h2-4,7,11,18H,5-6,8H2,1H3,(H2,14,15). The third-order valence-corrected chi connectivity index (χ3v) is 3.06. The highest BCUT2D eigenvalue weighted by Gasteiger charge is 2.27. The van der Waals surface area contributed by atoms with Crippen molar-refractivity contribution in [2.75, 3.05) is 19.7 Å². The van der Waals surface area contributed by atoms with E-state index in [1.54, 1.807) is 11.0 Å². The number of rotatable bonds is 2. The first-order valence-electron chi connectivity index (χ1n) is 6.07. The van der Waals surface area contributed by atoms with Gasteiger partial charge >= 0.3 is 0 Å². The van der Waals surface area contributed by atoms with Crippen molar-refractivity contribution in [1.29, 1.82) is 0 Å². The average Bonchev–Trinajstić information content (AvgIpc) is 2.45. The summed E-state index contributed by atoms with van der Waals surface area (Å²) in [6, 6.07) is 7.42. The van der Waals surface area contributed by atoms with E-state index in [1.807, 2.05) is 25.1 Å². The number of carbonyl (C=O) groups is 1. The fourth-order valence-electron chi connectivity index (χ4n) is 2.04. The van der Waals surface area contributed by atoms with Gasteiger partial charge in [-0.15, -0.1) is 0 Å². The minimum absolute atomic E-state index is 0.0123. The highest BCUT2D eigenvalue weighted by atomic mass is 16.5. The molecule has 1 unspecified atom stereocenters. The Bertz CT molecular complexity index is 502. The summed E-state index contributed by atoms with van der Waals surface area (Å²) in [4.78, 5) is 14.0. The second kappa shape index (κ2) is 5.71. The molecule has 1 aromatic carbocycles. The van der Waals surface area contributed by atoms with Crippen LogP contribution in [0.3, 0.4) is 0 Å². The molecule has 2 rings (SSSR count). The molecule has 0 aliphatic carbocycles. The number of morpholine rings is 1. The number of hydrogen-bond donors (Lipinski definition) is 2. The van der Waals surface area contributed by atoms with Crippen molar-refractivity contribution >= 4 is 11.7 Å². The fraction of sp³-hybridized carbons (Fsp3) is 0.385. The summed E-state index contributed by atoms with van der Waals surface area (Å²) in [6.07, 6.45) is -0.549. The van der Waals surface area contributed by atoms with Gasteiger partial charge in [0, 0.05) is 12.1 Å². The van der Waals surface area contributed by atoms with Crippen LogP contribution in [0.2, 0.25) is 0 Å². The summed E-state index contributed by atoms with van der Waals surface area (Å²) in [5, 5.41) is 11.6. The quantitative estimate of drug-likeness (QED) is 0.353. The van der Waals surface area contributed by atoms with E-state index in [0.29, 0.717) is 25.3 Å². The molecule has 1 saturated heterocycles. The van der Waals surface area contributed by atoms with E-state index in [9.17, 15) is 4.79 Å². The predicted molar refractivity (Wildman–Crippen MR) is 70.2 cm³/mol. The van der Waals surface area contributed by atoms with Gasteiger partial charge in [-0.05, 0) is 19.1 Å². The van der Waals surface area contributed by atoms with Crippen molar-refractivity contribution < 1.29 is 14.7 Å². The molecule has 0 spiro atoms. The Morgan fingerprint density at radius 2 is 2.37 bits per heavy atom. The van der Waals surface area contributed by atoms with Crippen molar-refractivity contribution in [2.24, 2.45) is 10.9 Å². The van der Waals surface area contributed by atoms with E-state index in [0.717, 1.165) is 5.56 Å². The van der Waals surface area contributed by atoms with Gasteiger partial charge in [-0.3, -0.25) is 4.79 Å². The Hall–Kier alpha value is -2.08. The van der Waals surface area contributed by atoms with Crippen LogP contribution in [-0.4, -0.2) is 47.7 Å². The maximum Gasteiger partial charge on any atom is 0.254 e. The molecule has 0 saturated carbocycles. The van der Waals surface area contributed by atoms with E-state index in [2.05, 4.69) is 5.16 Å². The lowest BCUT2D eigenvalue weighted by Crippen LogP contribution is -2.50. The number of aryl methyl sites for hydroxylation is 1. The zero-order valence-electron chi connectivity index (χ0n) is 10.7. The lowest BCUT2D eigenvalue weighted by Gasteiger charge is -2.32. The third-order valence-electron chi connectivity index (χ3n) is 3.06.